The average Bonchev–Trinajstić information content (AvgIpc) is 2.00. The number of rotatable bonds is 5. The Morgan fingerprint density at radius 3 is 2.27 bits per heavy atom. The van der Waals surface area contributed by atoms with Crippen molar-refractivity contribution in [2.75, 3.05) is 0 Å². The van der Waals surface area contributed by atoms with Crippen molar-refractivity contribution in [2.24, 2.45) is 11.8 Å². The van der Waals surface area contributed by atoms with Gasteiger partial charge in [-0.3, -0.25) is 0 Å². The molecule has 0 saturated carbocycles. The predicted octanol–water partition coefficient (Wildman–Crippen LogP) is 4.02. The molecule has 0 aliphatic rings. The first kappa shape index (κ1) is 10.7. The molecule has 0 aliphatic heterocycles. The van der Waals surface area contributed by atoms with Crippen LogP contribution in [-0.4, -0.2) is 0 Å². The minimum atomic E-state index is 0.862. The zero-order valence-corrected chi connectivity index (χ0v) is 8.43. The third-order valence-electron chi connectivity index (χ3n) is 2.28. The van der Waals surface area contributed by atoms with Crippen LogP contribution in [0.4, 0.5) is 0 Å². The topological polar surface area (TPSA) is 0 Å². The van der Waals surface area contributed by atoms with Gasteiger partial charge in [-0.25, -0.2) is 0 Å². The van der Waals surface area contributed by atoms with E-state index in [2.05, 4.69) is 39.8 Å². The second kappa shape index (κ2) is 6.45. The summed E-state index contributed by atoms with van der Waals surface area (Å²) in [5.41, 5.74) is 0. The first-order valence-electron chi connectivity index (χ1n) is 4.81. The van der Waals surface area contributed by atoms with Gasteiger partial charge in [0.2, 0.25) is 0 Å². The van der Waals surface area contributed by atoms with Crippen LogP contribution in [0.5, 0.6) is 0 Å². The second-order valence-electron chi connectivity index (χ2n) is 3.66. The van der Waals surface area contributed by atoms with Crippen molar-refractivity contribution in [2.45, 2.75) is 47.0 Å². The number of allylic oxidation sites excluding steroid dienone is 2. The Labute approximate surface area is 71.7 Å². The Bertz CT molecular complexity index is 103. The highest BCUT2D eigenvalue weighted by atomic mass is 14.1. The van der Waals surface area contributed by atoms with Gasteiger partial charge in [0, 0.05) is 0 Å². The van der Waals surface area contributed by atoms with Gasteiger partial charge in [0.1, 0.15) is 0 Å². The maximum atomic E-state index is 2.34. The molecule has 0 aliphatic carbocycles. The van der Waals surface area contributed by atoms with Crippen LogP contribution in [0, 0.1) is 11.8 Å². The summed E-state index contributed by atoms with van der Waals surface area (Å²) in [4.78, 5) is 0. The van der Waals surface area contributed by atoms with Crippen LogP contribution in [-0.2, 0) is 0 Å². The molecule has 0 rings (SSSR count). The Morgan fingerprint density at radius 1 is 1.18 bits per heavy atom. The van der Waals surface area contributed by atoms with Gasteiger partial charge in [-0.2, -0.15) is 0 Å². The van der Waals surface area contributed by atoms with Crippen molar-refractivity contribution in [3.63, 3.8) is 0 Å². The Hall–Kier alpha value is -0.260. The summed E-state index contributed by atoms with van der Waals surface area (Å²) < 4.78 is 0. The van der Waals surface area contributed by atoms with Crippen LogP contribution in [0.25, 0.3) is 0 Å². The third-order valence-corrected chi connectivity index (χ3v) is 2.28. The van der Waals surface area contributed by atoms with Gasteiger partial charge >= 0.3 is 0 Å². The standard InChI is InChI=1S/C11H22/c1-5-7-8-11(4)9-10(3)6-2/h5,7,10-11H,6,8-9H2,1-4H3. The lowest BCUT2D eigenvalue weighted by Gasteiger charge is -2.13. The fourth-order valence-electron chi connectivity index (χ4n) is 1.32. The Morgan fingerprint density at radius 2 is 1.82 bits per heavy atom. The van der Waals surface area contributed by atoms with Crippen LogP contribution in [0.3, 0.4) is 0 Å². The van der Waals surface area contributed by atoms with Gasteiger partial charge in [-0.05, 0) is 31.6 Å². The minimum Gasteiger partial charge on any atom is -0.0917 e. The zero-order chi connectivity index (χ0) is 8.69. The summed E-state index contributed by atoms with van der Waals surface area (Å²) in [5.74, 6) is 1.76. The molecule has 66 valence electrons. The molecular formula is C11H22. The van der Waals surface area contributed by atoms with Gasteiger partial charge < -0.3 is 0 Å². The maximum absolute atomic E-state index is 2.34. The van der Waals surface area contributed by atoms with Gasteiger partial charge in [-0.1, -0.05) is 39.3 Å². The molecule has 0 aromatic heterocycles. The van der Waals surface area contributed by atoms with E-state index in [4.69, 9.17) is 0 Å². The molecule has 0 bridgehead atoms. The van der Waals surface area contributed by atoms with Crippen LogP contribution < -0.4 is 0 Å². The van der Waals surface area contributed by atoms with E-state index in [9.17, 15) is 0 Å². The van der Waals surface area contributed by atoms with Crippen molar-refractivity contribution in [1.29, 1.82) is 0 Å². The van der Waals surface area contributed by atoms with Gasteiger partial charge in [0.05, 0.1) is 0 Å². The lowest BCUT2D eigenvalue weighted by Crippen LogP contribution is -2.00. The van der Waals surface area contributed by atoms with Crippen molar-refractivity contribution >= 4 is 0 Å². The maximum Gasteiger partial charge on any atom is -0.0325 e. The largest absolute Gasteiger partial charge is 0.0917 e. The van der Waals surface area contributed by atoms with Gasteiger partial charge in [-0.15, -0.1) is 0 Å². The van der Waals surface area contributed by atoms with Crippen LogP contribution >= 0.6 is 0 Å². The quantitative estimate of drug-likeness (QED) is 0.524. The minimum absolute atomic E-state index is 0.862. The Kier molecular flexibility index (Phi) is 6.30. The van der Waals surface area contributed by atoms with E-state index in [1.54, 1.807) is 0 Å². The van der Waals surface area contributed by atoms with E-state index in [1.807, 2.05) is 0 Å². The SMILES string of the molecule is CC=CCC(C)CC(C)CC. The summed E-state index contributed by atoms with van der Waals surface area (Å²) in [6, 6.07) is 0. The summed E-state index contributed by atoms with van der Waals surface area (Å²) in [7, 11) is 0. The lowest BCUT2D eigenvalue weighted by molar-refractivity contribution is 0.408. The highest BCUT2D eigenvalue weighted by Crippen LogP contribution is 2.17. The van der Waals surface area contributed by atoms with Crippen LogP contribution in [0.15, 0.2) is 12.2 Å². The summed E-state index contributed by atoms with van der Waals surface area (Å²) in [5, 5.41) is 0. The normalized spacial score (nSPS) is 17.1. The first-order valence-corrected chi connectivity index (χ1v) is 4.81. The lowest BCUT2D eigenvalue weighted by atomic mass is 9.93. The van der Waals surface area contributed by atoms with Gasteiger partial charge in [0.15, 0.2) is 0 Å². The molecule has 0 nitrogen and oxygen atoms in total. The number of hydrogen-bond donors (Lipinski definition) is 0. The summed E-state index contributed by atoms with van der Waals surface area (Å²) >= 11 is 0. The molecule has 0 fully saturated rings. The van der Waals surface area contributed by atoms with Gasteiger partial charge in [0.25, 0.3) is 0 Å². The second-order valence-corrected chi connectivity index (χ2v) is 3.66. The highest BCUT2D eigenvalue weighted by Gasteiger charge is 2.04. The van der Waals surface area contributed by atoms with E-state index in [0.717, 1.165) is 11.8 Å². The number of hydrogen-bond acceptors (Lipinski definition) is 0. The average molecular weight is 154 g/mol. The molecule has 11 heavy (non-hydrogen) atoms. The zero-order valence-electron chi connectivity index (χ0n) is 8.43. The van der Waals surface area contributed by atoms with Crippen molar-refractivity contribution in [3.05, 3.63) is 12.2 Å². The van der Waals surface area contributed by atoms with Crippen molar-refractivity contribution in [3.8, 4) is 0 Å². The van der Waals surface area contributed by atoms with E-state index >= 15 is 0 Å². The molecule has 0 radical (unpaired) electrons. The molecule has 0 heterocycles. The third kappa shape index (κ3) is 6.15. The first-order chi connectivity index (χ1) is 5.20. The van der Waals surface area contributed by atoms with Crippen LogP contribution in [0.1, 0.15) is 47.0 Å². The van der Waals surface area contributed by atoms with E-state index in [0.29, 0.717) is 0 Å². The fourth-order valence-corrected chi connectivity index (χ4v) is 1.32. The highest BCUT2D eigenvalue weighted by molar-refractivity contribution is 4.79. The summed E-state index contributed by atoms with van der Waals surface area (Å²) in [6.45, 7) is 9.04. The monoisotopic (exact) mass is 154 g/mol. The van der Waals surface area contributed by atoms with E-state index in [1.165, 1.54) is 19.3 Å². The Balaban J connectivity index is 3.42. The molecule has 2 atom stereocenters. The van der Waals surface area contributed by atoms with Crippen LogP contribution in [0.2, 0.25) is 0 Å². The smallest absolute Gasteiger partial charge is 0.0325 e. The molecule has 0 saturated heterocycles. The molecule has 0 aromatic carbocycles. The molecule has 0 amide bonds. The molecule has 0 spiro atoms. The van der Waals surface area contributed by atoms with Crippen molar-refractivity contribution in [1.82, 2.24) is 0 Å². The fraction of sp³-hybridized carbons (Fsp3) is 0.818. The molecule has 0 aromatic rings. The molecule has 2 unspecified atom stereocenters. The van der Waals surface area contributed by atoms with E-state index < -0.39 is 0 Å². The predicted molar refractivity (Wildman–Crippen MR) is 52.7 cm³/mol. The molecule has 0 heteroatoms. The van der Waals surface area contributed by atoms with Crippen molar-refractivity contribution < 1.29 is 0 Å². The van der Waals surface area contributed by atoms with E-state index in [-0.39, 0.29) is 0 Å². The molecule has 0 N–H and O–H groups in total. The summed E-state index contributed by atoms with van der Waals surface area (Å²) in [6.07, 6.45) is 8.36. The molecular weight excluding hydrogens is 132 g/mol.